The SMILES string of the molecule is Fc1c(Br)ccc2c1CCN=C2. The maximum atomic E-state index is 13.4. The van der Waals surface area contributed by atoms with Gasteiger partial charge in [-0.05, 0) is 39.5 Å². The van der Waals surface area contributed by atoms with Crippen molar-refractivity contribution in [2.75, 3.05) is 6.54 Å². The summed E-state index contributed by atoms with van der Waals surface area (Å²) in [5.41, 5.74) is 1.68. The van der Waals surface area contributed by atoms with Crippen molar-refractivity contribution in [3.63, 3.8) is 0 Å². The van der Waals surface area contributed by atoms with E-state index in [0.717, 1.165) is 11.1 Å². The van der Waals surface area contributed by atoms with Crippen LogP contribution < -0.4 is 0 Å². The second kappa shape index (κ2) is 2.98. The summed E-state index contributed by atoms with van der Waals surface area (Å²) < 4.78 is 13.9. The standard InChI is InChI=1S/C9H7BrFN/c10-8-2-1-6-5-12-4-3-7(6)9(8)11/h1-2,5H,3-4H2. The molecule has 0 saturated carbocycles. The summed E-state index contributed by atoms with van der Waals surface area (Å²) in [6.45, 7) is 0.695. The number of rotatable bonds is 0. The summed E-state index contributed by atoms with van der Waals surface area (Å²) in [4.78, 5) is 4.08. The van der Waals surface area contributed by atoms with Gasteiger partial charge in [0.15, 0.2) is 0 Å². The molecule has 0 radical (unpaired) electrons. The van der Waals surface area contributed by atoms with Crippen LogP contribution in [0.2, 0.25) is 0 Å². The van der Waals surface area contributed by atoms with Crippen molar-refractivity contribution in [3.05, 3.63) is 33.5 Å². The molecule has 1 aliphatic rings. The maximum absolute atomic E-state index is 13.4. The van der Waals surface area contributed by atoms with Gasteiger partial charge in [-0.1, -0.05) is 6.07 Å². The molecular formula is C9H7BrFN. The molecule has 62 valence electrons. The van der Waals surface area contributed by atoms with E-state index in [1.807, 2.05) is 6.07 Å². The topological polar surface area (TPSA) is 12.4 Å². The molecule has 1 aromatic carbocycles. The number of hydrogen-bond donors (Lipinski definition) is 0. The number of aliphatic imine (C=N–C) groups is 1. The second-order valence-corrected chi connectivity index (χ2v) is 3.57. The van der Waals surface area contributed by atoms with Gasteiger partial charge >= 0.3 is 0 Å². The zero-order valence-corrected chi connectivity index (χ0v) is 7.94. The Morgan fingerprint density at radius 1 is 1.42 bits per heavy atom. The largest absolute Gasteiger partial charge is 0.292 e. The van der Waals surface area contributed by atoms with Gasteiger partial charge < -0.3 is 0 Å². The number of nitrogens with zero attached hydrogens (tertiary/aromatic N) is 1. The molecular weight excluding hydrogens is 221 g/mol. The molecule has 0 bridgehead atoms. The molecule has 0 spiro atoms. The Morgan fingerprint density at radius 2 is 2.25 bits per heavy atom. The zero-order valence-electron chi connectivity index (χ0n) is 6.35. The Labute approximate surface area is 78.4 Å². The fourth-order valence-corrected chi connectivity index (χ4v) is 1.69. The molecule has 0 fully saturated rings. The normalized spacial score (nSPS) is 14.5. The summed E-state index contributed by atoms with van der Waals surface area (Å²) in [7, 11) is 0. The molecule has 1 nitrogen and oxygen atoms in total. The summed E-state index contributed by atoms with van der Waals surface area (Å²) in [5.74, 6) is -0.140. The molecule has 3 heteroatoms. The van der Waals surface area contributed by atoms with Gasteiger partial charge in [-0.25, -0.2) is 4.39 Å². The minimum Gasteiger partial charge on any atom is -0.292 e. The Balaban J connectivity index is 2.63. The molecule has 0 aliphatic carbocycles. The van der Waals surface area contributed by atoms with E-state index in [0.29, 0.717) is 17.4 Å². The molecule has 0 saturated heterocycles. The predicted octanol–water partition coefficient (Wildman–Crippen LogP) is 2.56. The van der Waals surface area contributed by atoms with Gasteiger partial charge in [-0.15, -0.1) is 0 Å². The molecule has 0 aromatic heterocycles. The lowest BCUT2D eigenvalue weighted by molar-refractivity contribution is 0.601. The number of benzene rings is 1. The highest BCUT2D eigenvalue weighted by molar-refractivity contribution is 9.10. The van der Waals surface area contributed by atoms with Gasteiger partial charge in [-0.2, -0.15) is 0 Å². The third kappa shape index (κ3) is 1.18. The van der Waals surface area contributed by atoms with Crippen LogP contribution in [0, 0.1) is 5.82 Å². The predicted molar refractivity (Wildman–Crippen MR) is 50.3 cm³/mol. The first kappa shape index (κ1) is 7.92. The number of hydrogen-bond acceptors (Lipinski definition) is 1. The maximum Gasteiger partial charge on any atom is 0.141 e. The second-order valence-electron chi connectivity index (χ2n) is 2.71. The monoisotopic (exact) mass is 227 g/mol. The lowest BCUT2D eigenvalue weighted by Gasteiger charge is -2.10. The van der Waals surface area contributed by atoms with Crippen LogP contribution in [0.25, 0.3) is 0 Å². The molecule has 12 heavy (non-hydrogen) atoms. The average Bonchev–Trinajstić information content (AvgIpc) is 2.12. The van der Waals surface area contributed by atoms with E-state index in [2.05, 4.69) is 20.9 Å². The van der Waals surface area contributed by atoms with E-state index in [4.69, 9.17) is 0 Å². The van der Waals surface area contributed by atoms with Gasteiger partial charge in [-0.3, -0.25) is 4.99 Å². The molecule has 1 aromatic rings. The summed E-state index contributed by atoms with van der Waals surface area (Å²) >= 11 is 3.15. The zero-order chi connectivity index (χ0) is 8.55. The van der Waals surface area contributed by atoms with E-state index in [-0.39, 0.29) is 5.82 Å². The van der Waals surface area contributed by atoms with Crippen LogP contribution in [-0.4, -0.2) is 12.8 Å². The van der Waals surface area contributed by atoms with E-state index >= 15 is 0 Å². The van der Waals surface area contributed by atoms with Crippen molar-refractivity contribution >= 4 is 22.1 Å². The quantitative estimate of drug-likeness (QED) is 0.647. The number of fused-ring (bicyclic) bond motifs is 1. The van der Waals surface area contributed by atoms with Crippen molar-refractivity contribution < 1.29 is 4.39 Å². The van der Waals surface area contributed by atoms with Gasteiger partial charge in [0.05, 0.1) is 4.47 Å². The van der Waals surface area contributed by atoms with E-state index < -0.39 is 0 Å². The van der Waals surface area contributed by atoms with E-state index in [9.17, 15) is 4.39 Å². The summed E-state index contributed by atoms with van der Waals surface area (Å²) in [6.07, 6.45) is 2.44. The fraction of sp³-hybridized carbons (Fsp3) is 0.222. The molecule has 0 N–H and O–H groups in total. The average molecular weight is 228 g/mol. The Morgan fingerprint density at radius 3 is 3.08 bits per heavy atom. The van der Waals surface area contributed by atoms with Gasteiger partial charge in [0.1, 0.15) is 5.82 Å². The highest BCUT2D eigenvalue weighted by atomic mass is 79.9. The lowest BCUT2D eigenvalue weighted by atomic mass is 10.0. The van der Waals surface area contributed by atoms with E-state index in [1.54, 1.807) is 12.3 Å². The third-order valence-corrected chi connectivity index (χ3v) is 2.57. The van der Waals surface area contributed by atoms with Gasteiger partial charge in [0.25, 0.3) is 0 Å². The third-order valence-electron chi connectivity index (χ3n) is 1.95. The van der Waals surface area contributed by atoms with Crippen LogP contribution in [0.5, 0.6) is 0 Å². The molecule has 1 heterocycles. The Kier molecular flexibility index (Phi) is 1.97. The molecule has 1 aliphatic heterocycles. The van der Waals surface area contributed by atoms with Crippen LogP contribution >= 0.6 is 15.9 Å². The van der Waals surface area contributed by atoms with Crippen molar-refractivity contribution in [2.24, 2.45) is 4.99 Å². The van der Waals surface area contributed by atoms with Crippen molar-refractivity contribution in [1.29, 1.82) is 0 Å². The van der Waals surface area contributed by atoms with Crippen molar-refractivity contribution in [1.82, 2.24) is 0 Å². The molecule has 2 rings (SSSR count). The fourth-order valence-electron chi connectivity index (χ4n) is 1.32. The smallest absolute Gasteiger partial charge is 0.141 e. The summed E-state index contributed by atoms with van der Waals surface area (Å²) in [5, 5.41) is 0. The van der Waals surface area contributed by atoms with Crippen LogP contribution in [-0.2, 0) is 6.42 Å². The van der Waals surface area contributed by atoms with Crippen LogP contribution in [0.1, 0.15) is 11.1 Å². The number of halogens is 2. The minimum atomic E-state index is -0.140. The first-order chi connectivity index (χ1) is 5.79. The molecule has 0 amide bonds. The summed E-state index contributed by atoms with van der Waals surface area (Å²) in [6, 6.07) is 3.59. The van der Waals surface area contributed by atoms with Gasteiger partial charge in [0.2, 0.25) is 0 Å². The van der Waals surface area contributed by atoms with Gasteiger partial charge in [0, 0.05) is 12.8 Å². The Bertz CT molecular complexity index is 347. The molecule has 0 atom stereocenters. The first-order valence-corrected chi connectivity index (χ1v) is 4.55. The first-order valence-electron chi connectivity index (χ1n) is 3.76. The van der Waals surface area contributed by atoms with Crippen molar-refractivity contribution in [3.8, 4) is 0 Å². The van der Waals surface area contributed by atoms with Crippen molar-refractivity contribution in [2.45, 2.75) is 6.42 Å². The lowest BCUT2D eigenvalue weighted by Crippen LogP contribution is -2.05. The van der Waals surface area contributed by atoms with E-state index in [1.165, 1.54) is 0 Å². The Hall–Kier alpha value is -0.700. The van der Waals surface area contributed by atoms with Crippen LogP contribution in [0.3, 0.4) is 0 Å². The molecule has 0 unspecified atom stereocenters. The highest BCUT2D eigenvalue weighted by Gasteiger charge is 2.12. The van der Waals surface area contributed by atoms with Crippen LogP contribution in [0.4, 0.5) is 4.39 Å². The minimum absolute atomic E-state index is 0.140. The van der Waals surface area contributed by atoms with Crippen LogP contribution in [0.15, 0.2) is 21.6 Å². The highest BCUT2D eigenvalue weighted by Crippen LogP contribution is 2.23.